The second-order valence-corrected chi connectivity index (χ2v) is 8.17. The number of carboxylic acids is 1. The van der Waals surface area contributed by atoms with E-state index in [1.807, 2.05) is 43.4 Å². The van der Waals surface area contributed by atoms with Gasteiger partial charge in [0.15, 0.2) is 5.56 Å². The van der Waals surface area contributed by atoms with Crippen LogP contribution in [-0.2, 0) is 20.0 Å². The highest BCUT2D eigenvalue weighted by Crippen LogP contribution is 2.32. The van der Waals surface area contributed by atoms with Gasteiger partial charge in [-0.25, -0.2) is 4.79 Å². The number of aromatic nitrogens is 2. The Hall–Kier alpha value is -3.55. The molecule has 0 bridgehead atoms. The van der Waals surface area contributed by atoms with E-state index in [4.69, 9.17) is 0 Å². The molecule has 0 saturated carbocycles. The molecule has 7 nitrogen and oxygen atoms in total. The second kappa shape index (κ2) is 10.2. The van der Waals surface area contributed by atoms with Crippen LogP contribution >= 0.6 is 12.4 Å². The van der Waals surface area contributed by atoms with Crippen LogP contribution in [-0.4, -0.2) is 25.7 Å². The standard InChI is InChI=1S/C26H27N3O4.ClH/c1-4-20-23(28-25(31)22(24(20)30)26(32)33)17-10-11-21-18(12-17)13-19(29(21)3)14-27-15(2)16-8-6-5-7-9-16;/h5-13,15,27H,4,14H2,1-3H3,(H,32,33)(H2,28,30,31);1H/t15-;/m0./s1. The predicted octanol–water partition coefficient (Wildman–Crippen LogP) is 4.77. The number of halogens is 1. The van der Waals surface area contributed by atoms with Crippen LogP contribution in [0.5, 0.6) is 5.75 Å². The molecule has 1 atom stereocenters. The monoisotopic (exact) mass is 481 g/mol. The molecule has 0 amide bonds. The van der Waals surface area contributed by atoms with Crippen molar-refractivity contribution in [2.45, 2.75) is 32.9 Å². The molecule has 34 heavy (non-hydrogen) atoms. The molecule has 0 unspecified atom stereocenters. The number of aromatic carboxylic acids is 1. The molecule has 0 aliphatic rings. The number of rotatable bonds is 7. The Balaban J connectivity index is 0.00000324. The van der Waals surface area contributed by atoms with Gasteiger partial charge in [-0.05, 0) is 42.7 Å². The van der Waals surface area contributed by atoms with Crippen molar-refractivity contribution in [2.24, 2.45) is 7.05 Å². The minimum atomic E-state index is -1.45. The largest absolute Gasteiger partial charge is 0.506 e. The maximum atomic E-state index is 12.3. The Kier molecular flexibility index (Phi) is 7.49. The Morgan fingerprint density at radius 2 is 1.85 bits per heavy atom. The first-order valence-corrected chi connectivity index (χ1v) is 10.9. The van der Waals surface area contributed by atoms with Crippen LogP contribution in [0.15, 0.2) is 59.4 Å². The van der Waals surface area contributed by atoms with Crippen molar-refractivity contribution < 1.29 is 15.0 Å². The number of carbonyl (C=O) groups is 1. The average molecular weight is 482 g/mol. The summed E-state index contributed by atoms with van der Waals surface area (Å²) in [6.45, 7) is 4.62. The molecule has 0 aliphatic carbocycles. The van der Waals surface area contributed by atoms with Gasteiger partial charge in [0.25, 0.3) is 5.56 Å². The van der Waals surface area contributed by atoms with Crippen LogP contribution in [0.1, 0.15) is 47.1 Å². The zero-order chi connectivity index (χ0) is 23.7. The van der Waals surface area contributed by atoms with Gasteiger partial charge in [0.1, 0.15) is 5.75 Å². The van der Waals surface area contributed by atoms with E-state index in [0.29, 0.717) is 29.8 Å². The van der Waals surface area contributed by atoms with Crippen LogP contribution in [0.2, 0.25) is 0 Å². The first kappa shape index (κ1) is 25.1. The van der Waals surface area contributed by atoms with E-state index in [9.17, 15) is 19.8 Å². The quantitative estimate of drug-likeness (QED) is 0.304. The van der Waals surface area contributed by atoms with Crippen molar-refractivity contribution in [3.63, 3.8) is 0 Å². The summed E-state index contributed by atoms with van der Waals surface area (Å²) >= 11 is 0. The molecular formula is C26H28ClN3O4. The molecule has 2 heterocycles. The van der Waals surface area contributed by atoms with E-state index >= 15 is 0 Å². The molecule has 2 aromatic heterocycles. The maximum Gasteiger partial charge on any atom is 0.345 e. The molecule has 0 spiro atoms. The summed E-state index contributed by atoms with van der Waals surface area (Å²) in [5.74, 6) is -1.92. The summed E-state index contributed by atoms with van der Waals surface area (Å²) in [7, 11) is 2.01. The van der Waals surface area contributed by atoms with Crippen LogP contribution < -0.4 is 10.9 Å². The number of carboxylic acid groups (broad SMARTS) is 1. The van der Waals surface area contributed by atoms with Crippen molar-refractivity contribution in [3.05, 3.63) is 87.3 Å². The highest BCUT2D eigenvalue weighted by atomic mass is 35.5. The van der Waals surface area contributed by atoms with E-state index in [0.717, 1.165) is 16.6 Å². The third-order valence-corrected chi connectivity index (χ3v) is 6.18. The molecule has 8 heteroatoms. The fourth-order valence-electron chi connectivity index (χ4n) is 4.27. The van der Waals surface area contributed by atoms with E-state index in [1.54, 1.807) is 6.92 Å². The fourth-order valence-corrected chi connectivity index (χ4v) is 4.27. The number of aromatic amines is 1. The number of fused-ring (bicyclic) bond motifs is 1. The summed E-state index contributed by atoms with van der Waals surface area (Å²) in [5, 5.41) is 24.3. The number of benzene rings is 2. The highest BCUT2D eigenvalue weighted by Gasteiger charge is 2.22. The van der Waals surface area contributed by atoms with E-state index in [-0.39, 0.29) is 18.4 Å². The summed E-state index contributed by atoms with van der Waals surface area (Å²) in [6, 6.07) is 18.3. The molecular weight excluding hydrogens is 454 g/mol. The lowest BCUT2D eigenvalue weighted by molar-refractivity contribution is 0.0691. The van der Waals surface area contributed by atoms with Crippen molar-refractivity contribution in [1.29, 1.82) is 0 Å². The number of nitrogens with one attached hydrogen (secondary N) is 2. The van der Waals surface area contributed by atoms with Crippen LogP contribution in [0.4, 0.5) is 0 Å². The first-order chi connectivity index (χ1) is 15.8. The van der Waals surface area contributed by atoms with Gasteiger partial charge < -0.3 is 25.1 Å². The molecule has 0 aliphatic heterocycles. The van der Waals surface area contributed by atoms with Gasteiger partial charge in [-0.1, -0.05) is 43.3 Å². The summed E-state index contributed by atoms with van der Waals surface area (Å²) in [6.07, 6.45) is 0.373. The number of nitrogens with zero attached hydrogens (tertiary/aromatic N) is 1. The van der Waals surface area contributed by atoms with Gasteiger partial charge in [-0.2, -0.15) is 0 Å². The predicted molar refractivity (Wildman–Crippen MR) is 136 cm³/mol. The summed E-state index contributed by atoms with van der Waals surface area (Å²) in [4.78, 5) is 26.4. The number of aromatic hydroxyl groups is 1. The zero-order valence-corrected chi connectivity index (χ0v) is 20.1. The third-order valence-electron chi connectivity index (χ3n) is 6.18. The Morgan fingerprint density at radius 3 is 2.50 bits per heavy atom. The maximum absolute atomic E-state index is 12.3. The topological polar surface area (TPSA) is 107 Å². The smallest absolute Gasteiger partial charge is 0.345 e. The third kappa shape index (κ3) is 4.58. The highest BCUT2D eigenvalue weighted by molar-refractivity contribution is 5.92. The van der Waals surface area contributed by atoms with E-state index in [2.05, 4.69) is 40.0 Å². The molecule has 4 rings (SSSR count). The Morgan fingerprint density at radius 1 is 1.15 bits per heavy atom. The minimum Gasteiger partial charge on any atom is -0.506 e. The average Bonchev–Trinajstić information content (AvgIpc) is 3.12. The van der Waals surface area contributed by atoms with E-state index < -0.39 is 22.8 Å². The van der Waals surface area contributed by atoms with Crippen LogP contribution in [0.3, 0.4) is 0 Å². The van der Waals surface area contributed by atoms with Gasteiger partial charge in [0.2, 0.25) is 0 Å². The number of H-pyrrole nitrogens is 1. The molecule has 4 aromatic rings. The van der Waals surface area contributed by atoms with Crippen LogP contribution in [0, 0.1) is 0 Å². The molecule has 2 aromatic carbocycles. The zero-order valence-electron chi connectivity index (χ0n) is 19.3. The van der Waals surface area contributed by atoms with Gasteiger partial charge in [-0.3, -0.25) is 4.79 Å². The van der Waals surface area contributed by atoms with Crippen molar-refractivity contribution in [3.8, 4) is 17.0 Å². The van der Waals surface area contributed by atoms with Crippen LogP contribution in [0.25, 0.3) is 22.2 Å². The normalized spacial score (nSPS) is 11.9. The number of hydrogen-bond donors (Lipinski definition) is 4. The minimum absolute atomic E-state index is 0. The van der Waals surface area contributed by atoms with Crippen molar-refractivity contribution >= 4 is 29.3 Å². The fraction of sp³-hybridized carbons (Fsp3) is 0.231. The van der Waals surface area contributed by atoms with Crippen molar-refractivity contribution in [1.82, 2.24) is 14.9 Å². The SMILES string of the molecule is CCc1c(-c2ccc3c(c2)cc(CN[C@@H](C)c2ccccc2)n3C)[nH]c(=O)c(C(=O)O)c1O.Cl. The summed E-state index contributed by atoms with van der Waals surface area (Å²) < 4.78 is 2.12. The lowest BCUT2D eigenvalue weighted by Crippen LogP contribution is -2.20. The molecule has 4 N–H and O–H groups in total. The first-order valence-electron chi connectivity index (χ1n) is 10.9. The van der Waals surface area contributed by atoms with Gasteiger partial charge in [-0.15, -0.1) is 12.4 Å². The molecule has 0 fully saturated rings. The molecule has 178 valence electrons. The lowest BCUT2D eigenvalue weighted by atomic mass is 9.99. The van der Waals surface area contributed by atoms with Gasteiger partial charge in [0.05, 0.1) is 5.69 Å². The van der Waals surface area contributed by atoms with Gasteiger partial charge in [0, 0.05) is 41.8 Å². The number of hydrogen-bond acceptors (Lipinski definition) is 4. The summed E-state index contributed by atoms with van der Waals surface area (Å²) in [5.41, 5.74) is 3.48. The molecule has 0 radical (unpaired) electrons. The lowest BCUT2D eigenvalue weighted by Gasteiger charge is -2.14. The van der Waals surface area contributed by atoms with Crippen molar-refractivity contribution in [2.75, 3.05) is 0 Å². The Bertz CT molecular complexity index is 1390. The van der Waals surface area contributed by atoms with Gasteiger partial charge >= 0.3 is 5.97 Å². The number of pyridine rings is 1. The second-order valence-electron chi connectivity index (χ2n) is 8.17. The van der Waals surface area contributed by atoms with E-state index in [1.165, 1.54) is 5.56 Å². The Labute approximate surface area is 203 Å². The molecule has 0 saturated heterocycles. The number of aryl methyl sites for hydroxylation is 1.